The second-order valence-corrected chi connectivity index (χ2v) is 4.81. The van der Waals surface area contributed by atoms with Gasteiger partial charge in [-0.05, 0) is 42.7 Å². The van der Waals surface area contributed by atoms with Gasteiger partial charge in [-0.2, -0.15) is 0 Å². The maximum Gasteiger partial charge on any atom is 0.152 e. The highest BCUT2D eigenvalue weighted by molar-refractivity contribution is 6.32. The molecule has 2 nitrogen and oxygen atoms in total. The zero-order valence-corrected chi connectivity index (χ0v) is 11.7. The van der Waals surface area contributed by atoms with Gasteiger partial charge in [-0.15, -0.1) is 0 Å². The largest absolute Gasteiger partial charge is 0.376 e. The Kier molecular flexibility index (Phi) is 4.38. The normalized spacial score (nSPS) is 12.2. The molecule has 2 aromatic rings. The van der Waals surface area contributed by atoms with Crippen LogP contribution in [0.5, 0.6) is 0 Å². The Bertz CT molecular complexity index is 552. The molecule has 1 N–H and O–H groups in total. The van der Waals surface area contributed by atoms with E-state index in [-0.39, 0.29) is 11.9 Å². The van der Waals surface area contributed by atoms with Gasteiger partial charge in [0.1, 0.15) is 5.82 Å². The predicted molar refractivity (Wildman–Crippen MR) is 77.0 cm³/mol. The molecule has 0 aliphatic rings. The molecule has 0 fully saturated rings. The first kappa shape index (κ1) is 13.8. The number of halogens is 2. The van der Waals surface area contributed by atoms with E-state index in [9.17, 15) is 4.39 Å². The molecular weight excluding hydrogens is 263 g/mol. The van der Waals surface area contributed by atoms with Crippen LogP contribution >= 0.6 is 11.6 Å². The summed E-state index contributed by atoms with van der Waals surface area (Å²) in [6, 6.07) is 8.51. The van der Waals surface area contributed by atoms with Crippen LogP contribution in [0.1, 0.15) is 30.5 Å². The standard InChI is InChI=1S/C15H16ClFN2/c1-3-13(11-5-4-6-12(17)9-11)19-14-10(2)7-8-18-15(14)16/h4-9,13,19H,3H2,1-2H3. The lowest BCUT2D eigenvalue weighted by Crippen LogP contribution is -2.11. The van der Waals surface area contributed by atoms with Crippen molar-refractivity contribution >= 4 is 17.3 Å². The summed E-state index contributed by atoms with van der Waals surface area (Å²) in [5, 5.41) is 3.79. The number of rotatable bonds is 4. The third-order valence-corrected chi connectivity index (χ3v) is 3.38. The van der Waals surface area contributed by atoms with Crippen LogP contribution in [0, 0.1) is 12.7 Å². The Morgan fingerprint density at radius 1 is 1.37 bits per heavy atom. The maximum absolute atomic E-state index is 13.3. The molecular formula is C15H16ClFN2. The minimum atomic E-state index is -0.230. The quantitative estimate of drug-likeness (QED) is 0.817. The number of anilines is 1. The van der Waals surface area contributed by atoms with Gasteiger partial charge < -0.3 is 5.32 Å². The fraction of sp³-hybridized carbons (Fsp3) is 0.267. The van der Waals surface area contributed by atoms with Crippen molar-refractivity contribution in [2.75, 3.05) is 5.32 Å². The summed E-state index contributed by atoms with van der Waals surface area (Å²) < 4.78 is 13.3. The van der Waals surface area contributed by atoms with Crippen molar-refractivity contribution in [3.05, 3.63) is 58.6 Å². The minimum absolute atomic E-state index is 0.0103. The number of hydrogen-bond donors (Lipinski definition) is 1. The number of aryl methyl sites for hydroxylation is 1. The van der Waals surface area contributed by atoms with Crippen LogP contribution in [0.2, 0.25) is 5.15 Å². The molecule has 0 radical (unpaired) electrons. The lowest BCUT2D eigenvalue weighted by atomic mass is 10.0. The summed E-state index contributed by atoms with van der Waals surface area (Å²) in [5.74, 6) is -0.230. The second-order valence-electron chi connectivity index (χ2n) is 4.45. The molecule has 1 aromatic heterocycles. The number of nitrogens with one attached hydrogen (secondary N) is 1. The highest BCUT2D eigenvalue weighted by atomic mass is 35.5. The molecule has 0 spiro atoms. The molecule has 0 aliphatic carbocycles. The minimum Gasteiger partial charge on any atom is -0.376 e. The molecule has 19 heavy (non-hydrogen) atoms. The van der Waals surface area contributed by atoms with Crippen molar-refractivity contribution in [2.24, 2.45) is 0 Å². The van der Waals surface area contributed by atoms with Crippen LogP contribution in [0.15, 0.2) is 36.5 Å². The van der Waals surface area contributed by atoms with Gasteiger partial charge in [-0.1, -0.05) is 30.7 Å². The summed E-state index contributed by atoms with van der Waals surface area (Å²) in [5.41, 5.74) is 2.73. The van der Waals surface area contributed by atoms with Crippen molar-refractivity contribution in [3.63, 3.8) is 0 Å². The third kappa shape index (κ3) is 3.24. The van der Waals surface area contributed by atoms with E-state index in [1.807, 2.05) is 26.0 Å². The molecule has 0 aliphatic heterocycles. The summed E-state index contributed by atoms with van der Waals surface area (Å²) in [6.07, 6.45) is 2.50. The number of hydrogen-bond acceptors (Lipinski definition) is 2. The maximum atomic E-state index is 13.3. The van der Waals surface area contributed by atoms with Gasteiger partial charge in [0.05, 0.1) is 11.7 Å². The first-order valence-corrected chi connectivity index (χ1v) is 6.62. The highest BCUT2D eigenvalue weighted by Crippen LogP contribution is 2.29. The Hall–Kier alpha value is -1.61. The van der Waals surface area contributed by atoms with Gasteiger partial charge in [-0.25, -0.2) is 9.37 Å². The Labute approximate surface area is 117 Å². The topological polar surface area (TPSA) is 24.9 Å². The van der Waals surface area contributed by atoms with Gasteiger partial charge in [0.25, 0.3) is 0 Å². The van der Waals surface area contributed by atoms with E-state index >= 15 is 0 Å². The number of aromatic nitrogens is 1. The van der Waals surface area contributed by atoms with Gasteiger partial charge in [0, 0.05) is 6.20 Å². The van der Waals surface area contributed by atoms with E-state index in [1.165, 1.54) is 6.07 Å². The van der Waals surface area contributed by atoms with Crippen molar-refractivity contribution in [3.8, 4) is 0 Å². The van der Waals surface area contributed by atoms with E-state index in [0.29, 0.717) is 5.15 Å². The smallest absolute Gasteiger partial charge is 0.152 e. The summed E-state index contributed by atoms with van der Waals surface area (Å²) in [6.45, 7) is 4.01. The Balaban J connectivity index is 2.29. The van der Waals surface area contributed by atoms with Crippen LogP contribution < -0.4 is 5.32 Å². The molecule has 0 bridgehead atoms. The number of pyridine rings is 1. The number of benzene rings is 1. The van der Waals surface area contributed by atoms with Gasteiger partial charge in [0.2, 0.25) is 0 Å². The summed E-state index contributed by atoms with van der Waals surface area (Å²) in [7, 11) is 0. The Morgan fingerprint density at radius 3 is 2.79 bits per heavy atom. The molecule has 0 saturated carbocycles. The number of nitrogens with zero attached hydrogens (tertiary/aromatic N) is 1. The van der Waals surface area contributed by atoms with Crippen molar-refractivity contribution < 1.29 is 4.39 Å². The second kappa shape index (κ2) is 6.02. The monoisotopic (exact) mass is 278 g/mol. The highest BCUT2D eigenvalue weighted by Gasteiger charge is 2.13. The average molecular weight is 279 g/mol. The Morgan fingerprint density at radius 2 is 2.16 bits per heavy atom. The van der Waals surface area contributed by atoms with E-state index in [1.54, 1.807) is 18.3 Å². The van der Waals surface area contributed by atoms with Crippen molar-refractivity contribution in [1.82, 2.24) is 4.98 Å². The van der Waals surface area contributed by atoms with Gasteiger partial charge in [0.15, 0.2) is 5.15 Å². The first-order chi connectivity index (χ1) is 9.11. The molecule has 1 heterocycles. The van der Waals surface area contributed by atoms with Crippen LogP contribution in [0.3, 0.4) is 0 Å². The molecule has 4 heteroatoms. The third-order valence-electron chi connectivity index (χ3n) is 3.09. The van der Waals surface area contributed by atoms with E-state index in [4.69, 9.17) is 11.6 Å². The first-order valence-electron chi connectivity index (χ1n) is 6.25. The summed E-state index contributed by atoms with van der Waals surface area (Å²) >= 11 is 6.10. The predicted octanol–water partition coefficient (Wildman–Crippen LogP) is 4.75. The van der Waals surface area contributed by atoms with Crippen LogP contribution in [0.25, 0.3) is 0 Å². The van der Waals surface area contributed by atoms with E-state index in [0.717, 1.165) is 23.2 Å². The molecule has 1 unspecified atom stereocenters. The molecule has 100 valence electrons. The molecule has 0 saturated heterocycles. The van der Waals surface area contributed by atoms with E-state index in [2.05, 4.69) is 10.3 Å². The molecule has 1 aromatic carbocycles. The van der Waals surface area contributed by atoms with Crippen molar-refractivity contribution in [1.29, 1.82) is 0 Å². The van der Waals surface area contributed by atoms with Crippen LogP contribution in [0.4, 0.5) is 10.1 Å². The fourth-order valence-electron chi connectivity index (χ4n) is 2.02. The molecule has 0 amide bonds. The molecule has 2 rings (SSSR count). The SMILES string of the molecule is CCC(Nc1c(C)ccnc1Cl)c1cccc(F)c1. The van der Waals surface area contributed by atoms with Crippen LogP contribution in [-0.2, 0) is 0 Å². The van der Waals surface area contributed by atoms with Crippen LogP contribution in [-0.4, -0.2) is 4.98 Å². The van der Waals surface area contributed by atoms with Gasteiger partial charge in [-0.3, -0.25) is 0 Å². The zero-order chi connectivity index (χ0) is 13.8. The molecule has 1 atom stereocenters. The summed E-state index contributed by atoms with van der Waals surface area (Å²) in [4.78, 5) is 4.07. The lowest BCUT2D eigenvalue weighted by Gasteiger charge is -2.20. The fourth-order valence-corrected chi connectivity index (χ4v) is 2.28. The average Bonchev–Trinajstić information content (AvgIpc) is 2.38. The zero-order valence-electron chi connectivity index (χ0n) is 11.0. The lowest BCUT2D eigenvalue weighted by molar-refractivity contribution is 0.620. The van der Waals surface area contributed by atoms with E-state index < -0.39 is 0 Å². The van der Waals surface area contributed by atoms with Crippen molar-refractivity contribution in [2.45, 2.75) is 26.3 Å². The van der Waals surface area contributed by atoms with Gasteiger partial charge >= 0.3 is 0 Å².